The molecular weight excluding hydrogens is 208 g/mol. The van der Waals surface area contributed by atoms with Crippen LogP contribution in [0.5, 0.6) is 0 Å². The highest BCUT2D eigenvalue weighted by Gasteiger charge is 2.00. The molecule has 5 heteroatoms. The summed E-state index contributed by atoms with van der Waals surface area (Å²) in [7, 11) is 1.97. The van der Waals surface area contributed by atoms with Crippen LogP contribution < -0.4 is 5.32 Å². The fourth-order valence-corrected chi connectivity index (χ4v) is 2.01. The maximum atomic E-state index is 4.40. The number of aromatic nitrogens is 3. The Hall–Kier alpha value is -1.36. The number of nitrogens with one attached hydrogen (secondary N) is 1. The van der Waals surface area contributed by atoms with Gasteiger partial charge < -0.3 is 9.88 Å². The molecule has 0 aromatic carbocycles. The Kier molecular flexibility index (Phi) is 3.01. The monoisotopic (exact) mass is 222 g/mol. The number of rotatable bonds is 4. The van der Waals surface area contributed by atoms with Gasteiger partial charge in [0.2, 0.25) is 5.95 Å². The minimum Gasteiger partial charge on any atom is -0.355 e. The van der Waals surface area contributed by atoms with Crippen LogP contribution in [0.25, 0.3) is 0 Å². The van der Waals surface area contributed by atoms with Gasteiger partial charge in [-0.3, -0.25) is 0 Å². The van der Waals surface area contributed by atoms with Gasteiger partial charge in [0.15, 0.2) is 0 Å². The second-order valence-corrected chi connectivity index (χ2v) is 4.46. The third-order valence-electron chi connectivity index (χ3n) is 2.15. The molecule has 0 aliphatic carbocycles. The molecule has 0 bridgehead atoms. The summed E-state index contributed by atoms with van der Waals surface area (Å²) >= 11 is 1.70. The van der Waals surface area contributed by atoms with Crippen molar-refractivity contribution in [2.75, 3.05) is 11.9 Å². The second kappa shape index (κ2) is 4.44. The van der Waals surface area contributed by atoms with Crippen molar-refractivity contribution >= 4 is 17.3 Å². The highest BCUT2D eigenvalue weighted by Crippen LogP contribution is 2.08. The number of thiazole rings is 1. The second-order valence-electron chi connectivity index (χ2n) is 3.40. The van der Waals surface area contributed by atoms with E-state index in [1.165, 1.54) is 0 Å². The van der Waals surface area contributed by atoms with E-state index in [1.54, 1.807) is 17.5 Å². The molecule has 0 aliphatic rings. The largest absolute Gasteiger partial charge is 0.355 e. The van der Waals surface area contributed by atoms with Gasteiger partial charge >= 0.3 is 0 Å². The summed E-state index contributed by atoms with van der Waals surface area (Å²) in [4.78, 5) is 8.59. The predicted molar refractivity (Wildman–Crippen MR) is 62.3 cm³/mol. The molecule has 0 aliphatic heterocycles. The fraction of sp³-hybridized carbons (Fsp3) is 0.400. The van der Waals surface area contributed by atoms with E-state index in [0.717, 1.165) is 29.6 Å². The third-order valence-corrected chi connectivity index (χ3v) is 2.97. The minimum atomic E-state index is 0.869. The lowest BCUT2D eigenvalue weighted by molar-refractivity contribution is 0.881. The van der Waals surface area contributed by atoms with Gasteiger partial charge in [-0.05, 0) is 6.92 Å². The van der Waals surface area contributed by atoms with Gasteiger partial charge in [0.05, 0.1) is 10.7 Å². The first-order valence-electron chi connectivity index (χ1n) is 4.88. The minimum absolute atomic E-state index is 0.869. The molecule has 2 heterocycles. The predicted octanol–water partition coefficient (Wildman–Crippen LogP) is 1.84. The van der Waals surface area contributed by atoms with Gasteiger partial charge in [0.1, 0.15) is 0 Å². The molecular formula is C10H14N4S. The third kappa shape index (κ3) is 2.56. The van der Waals surface area contributed by atoms with E-state index in [2.05, 4.69) is 20.7 Å². The van der Waals surface area contributed by atoms with Crippen molar-refractivity contribution in [2.45, 2.75) is 13.3 Å². The maximum Gasteiger partial charge on any atom is 0.202 e. The molecule has 80 valence electrons. The van der Waals surface area contributed by atoms with Gasteiger partial charge in [0, 0.05) is 37.8 Å². The first kappa shape index (κ1) is 10.2. The SMILES string of the molecule is Cc1nc(CCNc2nccn2C)cs1. The summed E-state index contributed by atoms with van der Waals surface area (Å²) in [5.41, 5.74) is 1.15. The van der Waals surface area contributed by atoms with Crippen LogP contribution in [0, 0.1) is 6.92 Å². The van der Waals surface area contributed by atoms with Crippen molar-refractivity contribution in [2.24, 2.45) is 7.05 Å². The van der Waals surface area contributed by atoms with Gasteiger partial charge in [-0.25, -0.2) is 9.97 Å². The Morgan fingerprint density at radius 3 is 3.00 bits per heavy atom. The molecule has 0 saturated heterocycles. The van der Waals surface area contributed by atoms with Crippen LogP contribution in [0.15, 0.2) is 17.8 Å². The van der Waals surface area contributed by atoms with Crippen LogP contribution >= 0.6 is 11.3 Å². The molecule has 0 fully saturated rings. The summed E-state index contributed by atoms with van der Waals surface area (Å²) in [6.45, 7) is 2.90. The van der Waals surface area contributed by atoms with Crippen molar-refractivity contribution in [3.05, 3.63) is 28.5 Å². The van der Waals surface area contributed by atoms with E-state index in [4.69, 9.17) is 0 Å². The van der Waals surface area contributed by atoms with Gasteiger partial charge in [0.25, 0.3) is 0 Å². The highest BCUT2D eigenvalue weighted by atomic mass is 32.1. The zero-order valence-electron chi connectivity index (χ0n) is 8.90. The van der Waals surface area contributed by atoms with Crippen LogP contribution in [0.4, 0.5) is 5.95 Å². The number of hydrogen-bond donors (Lipinski definition) is 1. The van der Waals surface area contributed by atoms with E-state index < -0.39 is 0 Å². The van der Waals surface area contributed by atoms with Gasteiger partial charge in [-0.1, -0.05) is 0 Å². The lowest BCUT2D eigenvalue weighted by Gasteiger charge is -2.03. The average molecular weight is 222 g/mol. The summed E-state index contributed by atoms with van der Waals surface area (Å²) in [6.07, 6.45) is 4.65. The molecule has 2 aromatic heterocycles. The molecule has 15 heavy (non-hydrogen) atoms. The molecule has 0 spiro atoms. The Balaban J connectivity index is 1.83. The fourth-order valence-electron chi connectivity index (χ4n) is 1.36. The molecule has 0 saturated carbocycles. The highest BCUT2D eigenvalue weighted by molar-refractivity contribution is 7.09. The first-order chi connectivity index (χ1) is 7.25. The molecule has 0 radical (unpaired) electrons. The molecule has 2 aromatic rings. The topological polar surface area (TPSA) is 42.7 Å². The van der Waals surface area contributed by atoms with Gasteiger partial charge in [-0.2, -0.15) is 0 Å². The summed E-state index contributed by atoms with van der Waals surface area (Å²) < 4.78 is 1.96. The first-order valence-corrected chi connectivity index (χ1v) is 5.76. The van der Waals surface area contributed by atoms with Crippen molar-refractivity contribution in [1.29, 1.82) is 0 Å². The van der Waals surface area contributed by atoms with Crippen molar-refractivity contribution < 1.29 is 0 Å². The molecule has 2 rings (SSSR count). The number of hydrogen-bond acceptors (Lipinski definition) is 4. The molecule has 0 unspecified atom stereocenters. The Bertz CT molecular complexity index is 432. The van der Waals surface area contributed by atoms with Crippen LogP contribution in [0.3, 0.4) is 0 Å². The molecule has 1 N–H and O–H groups in total. The average Bonchev–Trinajstić information content (AvgIpc) is 2.77. The summed E-state index contributed by atoms with van der Waals surface area (Å²) in [6, 6.07) is 0. The summed E-state index contributed by atoms with van der Waals surface area (Å²) in [5, 5.41) is 6.50. The molecule has 0 amide bonds. The van der Waals surface area contributed by atoms with Crippen LogP contribution in [-0.2, 0) is 13.5 Å². The Labute approximate surface area is 93.0 Å². The number of imidazole rings is 1. The van der Waals surface area contributed by atoms with E-state index >= 15 is 0 Å². The van der Waals surface area contributed by atoms with Crippen molar-refractivity contribution in [1.82, 2.24) is 14.5 Å². The lowest BCUT2D eigenvalue weighted by atomic mass is 10.3. The van der Waals surface area contributed by atoms with E-state index in [-0.39, 0.29) is 0 Å². The number of anilines is 1. The number of nitrogens with zero attached hydrogens (tertiary/aromatic N) is 3. The van der Waals surface area contributed by atoms with E-state index in [9.17, 15) is 0 Å². The number of aryl methyl sites for hydroxylation is 2. The Morgan fingerprint density at radius 1 is 1.53 bits per heavy atom. The zero-order chi connectivity index (χ0) is 10.7. The normalized spacial score (nSPS) is 10.5. The van der Waals surface area contributed by atoms with E-state index in [0.29, 0.717) is 0 Å². The quantitative estimate of drug-likeness (QED) is 0.858. The Morgan fingerprint density at radius 2 is 2.40 bits per heavy atom. The van der Waals surface area contributed by atoms with Crippen LogP contribution in [0.1, 0.15) is 10.7 Å². The van der Waals surface area contributed by atoms with Gasteiger partial charge in [-0.15, -0.1) is 11.3 Å². The van der Waals surface area contributed by atoms with Crippen LogP contribution in [-0.4, -0.2) is 21.1 Å². The van der Waals surface area contributed by atoms with Crippen molar-refractivity contribution in [3.8, 4) is 0 Å². The standard InChI is InChI=1S/C10H14N4S/c1-8-13-9(7-15-8)3-4-11-10-12-5-6-14(10)2/h5-7H,3-4H2,1-2H3,(H,11,12). The van der Waals surface area contributed by atoms with Crippen molar-refractivity contribution in [3.63, 3.8) is 0 Å². The maximum absolute atomic E-state index is 4.40. The zero-order valence-corrected chi connectivity index (χ0v) is 9.71. The van der Waals surface area contributed by atoms with E-state index in [1.807, 2.05) is 24.7 Å². The molecule has 4 nitrogen and oxygen atoms in total. The molecule has 0 atom stereocenters. The summed E-state index contributed by atoms with van der Waals surface area (Å²) in [5.74, 6) is 0.905. The smallest absolute Gasteiger partial charge is 0.202 e. The lowest BCUT2D eigenvalue weighted by Crippen LogP contribution is -2.08. The van der Waals surface area contributed by atoms with Crippen LogP contribution in [0.2, 0.25) is 0 Å².